The molecule has 0 unspecified atom stereocenters. The summed E-state index contributed by atoms with van der Waals surface area (Å²) >= 11 is 0. The maximum Gasteiger partial charge on any atom is 0.449 e. The SMILES string of the molecule is O=C(CCCCCOc1cc(CN(Cc2ccccn2)Cc2ncc[nH]2)cc(CN(Cc2ccccn2)Cc2ncc[nH]2)c1)C(F)(F)F. The first kappa shape index (κ1) is 34.5. The Morgan fingerprint density at radius 2 is 1.23 bits per heavy atom. The molecule has 10 nitrogen and oxygen atoms in total. The highest BCUT2D eigenvalue weighted by Crippen LogP contribution is 2.24. The van der Waals surface area contributed by atoms with E-state index >= 15 is 0 Å². The van der Waals surface area contributed by atoms with E-state index in [1.54, 1.807) is 37.2 Å². The molecule has 0 aliphatic heterocycles. The second kappa shape index (κ2) is 17.3. The minimum Gasteiger partial charge on any atom is -0.494 e. The van der Waals surface area contributed by atoms with Gasteiger partial charge in [-0.25, -0.2) is 9.97 Å². The summed E-state index contributed by atoms with van der Waals surface area (Å²) < 4.78 is 43.8. The van der Waals surface area contributed by atoms with Gasteiger partial charge in [0, 0.05) is 69.8 Å². The molecule has 0 atom stereocenters. The number of aromatic nitrogens is 6. The number of hydrogen-bond donors (Lipinski definition) is 2. The maximum absolute atomic E-state index is 12.6. The lowest BCUT2D eigenvalue weighted by Crippen LogP contribution is -2.25. The number of benzene rings is 1. The number of imidazole rings is 2. The normalized spacial score (nSPS) is 11.8. The van der Waals surface area contributed by atoms with Crippen molar-refractivity contribution in [2.45, 2.75) is 71.1 Å². The molecule has 0 spiro atoms. The first-order valence-corrected chi connectivity index (χ1v) is 15.9. The molecule has 0 amide bonds. The quantitative estimate of drug-likeness (QED) is 0.0979. The molecule has 0 bridgehead atoms. The molecule has 0 radical (unpaired) electrons. The minimum atomic E-state index is -4.78. The van der Waals surface area contributed by atoms with Gasteiger partial charge in [-0.05, 0) is 66.8 Å². The highest BCUT2D eigenvalue weighted by Gasteiger charge is 2.37. The van der Waals surface area contributed by atoms with Crippen LogP contribution in [0.1, 0.15) is 59.8 Å². The van der Waals surface area contributed by atoms with Crippen molar-refractivity contribution >= 4 is 5.78 Å². The number of Topliss-reactive ketones (excluding diaryl/α,β-unsaturated/α-hetero) is 1. The van der Waals surface area contributed by atoms with Crippen LogP contribution in [0, 0.1) is 0 Å². The van der Waals surface area contributed by atoms with Gasteiger partial charge in [-0.15, -0.1) is 0 Å². The zero-order valence-electron chi connectivity index (χ0n) is 26.6. The molecule has 0 saturated heterocycles. The van der Waals surface area contributed by atoms with Crippen molar-refractivity contribution < 1.29 is 22.7 Å². The number of H-pyrrole nitrogens is 2. The fourth-order valence-electron chi connectivity index (χ4n) is 5.38. The van der Waals surface area contributed by atoms with Crippen molar-refractivity contribution in [1.82, 2.24) is 39.7 Å². The number of unbranched alkanes of at least 4 members (excludes halogenated alkanes) is 2. The van der Waals surface area contributed by atoms with Gasteiger partial charge in [0.25, 0.3) is 0 Å². The summed E-state index contributed by atoms with van der Waals surface area (Å²) in [5, 5.41) is 0. The summed E-state index contributed by atoms with van der Waals surface area (Å²) in [7, 11) is 0. The van der Waals surface area contributed by atoms with Gasteiger partial charge in [-0.3, -0.25) is 24.6 Å². The number of ketones is 1. The standard InChI is InChI=1S/C35H39F3N8O2/c36-35(37,38)32(47)10-2-1-7-17-48-31-19-27(21-45(25-33-41-13-14-42-33)23-29-8-3-5-11-39-29)18-28(20-31)22-46(26-34-43-15-16-44-34)24-30-9-4-6-12-40-30/h3-6,8-9,11-16,18-20H,1-2,7,10,17,21-26H2,(H,41,42)(H,43,44). The number of carbonyl (C=O) groups is 1. The predicted molar refractivity (Wildman–Crippen MR) is 173 cm³/mol. The van der Waals surface area contributed by atoms with E-state index in [1.807, 2.05) is 48.5 Å². The topological polar surface area (TPSA) is 116 Å². The van der Waals surface area contributed by atoms with Gasteiger partial charge in [-0.1, -0.05) is 18.2 Å². The number of ether oxygens (including phenoxy) is 1. The van der Waals surface area contributed by atoms with Crippen molar-refractivity contribution in [3.8, 4) is 5.75 Å². The Balaban J connectivity index is 1.34. The smallest absolute Gasteiger partial charge is 0.449 e. The lowest BCUT2D eigenvalue weighted by atomic mass is 10.1. The molecule has 4 aromatic heterocycles. The van der Waals surface area contributed by atoms with Crippen molar-refractivity contribution in [2.75, 3.05) is 6.61 Å². The molecule has 0 fully saturated rings. The summed E-state index contributed by atoms with van der Waals surface area (Å²) in [4.78, 5) is 40.0. The van der Waals surface area contributed by atoms with Crippen LogP contribution in [0.3, 0.4) is 0 Å². The highest BCUT2D eigenvalue weighted by molar-refractivity contribution is 5.83. The molecule has 13 heteroatoms. The van der Waals surface area contributed by atoms with Crippen LogP contribution in [0.5, 0.6) is 5.75 Å². The number of nitrogens with one attached hydrogen (secondary N) is 2. The van der Waals surface area contributed by atoms with Crippen LogP contribution in [0.4, 0.5) is 13.2 Å². The van der Waals surface area contributed by atoms with Gasteiger partial charge in [0.1, 0.15) is 17.4 Å². The summed E-state index contributed by atoms with van der Waals surface area (Å²) in [5.74, 6) is 0.654. The molecular formula is C35H39F3N8O2. The van der Waals surface area contributed by atoms with Crippen LogP contribution in [0.2, 0.25) is 0 Å². The number of pyridine rings is 2. The van der Waals surface area contributed by atoms with Gasteiger partial charge in [-0.2, -0.15) is 13.2 Å². The van der Waals surface area contributed by atoms with Crippen molar-refractivity contribution in [2.24, 2.45) is 0 Å². The van der Waals surface area contributed by atoms with Crippen LogP contribution in [0.15, 0.2) is 91.8 Å². The number of alkyl halides is 3. The third kappa shape index (κ3) is 11.4. The molecule has 252 valence electrons. The Hall–Kier alpha value is -4.88. The van der Waals surface area contributed by atoms with E-state index in [2.05, 4.69) is 45.8 Å². The molecule has 0 aliphatic rings. The molecule has 48 heavy (non-hydrogen) atoms. The van der Waals surface area contributed by atoms with Gasteiger partial charge < -0.3 is 14.7 Å². The fraction of sp³-hybridized carbons (Fsp3) is 0.343. The van der Waals surface area contributed by atoms with E-state index in [-0.39, 0.29) is 6.42 Å². The zero-order valence-corrected chi connectivity index (χ0v) is 26.6. The first-order valence-electron chi connectivity index (χ1n) is 15.9. The van der Waals surface area contributed by atoms with E-state index in [0.717, 1.165) is 34.2 Å². The van der Waals surface area contributed by atoms with E-state index in [4.69, 9.17) is 4.74 Å². The van der Waals surface area contributed by atoms with E-state index in [9.17, 15) is 18.0 Å². The van der Waals surface area contributed by atoms with Crippen LogP contribution >= 0.6 is 0 Å². The number of hydrogen-bond acceptors (Lipinski definition) is 8. The van der Waals surface area contributed by atoms with Gasteiger partial charge >= 0.3 is 6.18 Å². The Labute approximate surface area is 277 Å². The molecule has 0 aliphatic carbocycles. The third-order valence-electron chi connectivity index (χ3n) is 7.55. The predicted octanol–water partition coefficient (Wildman–Crippen LogP) is 6.40. The van der Waals surface area contributed by atoms with Crippen LogP contribution < -0.4 is 4.74 Å². The number of halogens is 3. The molecule has 4 heterocycles. The Morgan fingerprint density at radius 1 is 0.667 bits per heavy atom. The molecule has 2 N–H and O–H groups in total. The first-order chi connectivity index (χ1) is 23.3. The van der Waals surface area contributed by atoms with Gasteiger partial charge in [0.15, 0.2) is 0 Å². The lowest BCUT2D eigenvalue weighted by Gasteiger charge is -2.24. The van der Waals surface area contributed by atoms with Crippen LogP contribution in [-0.2, 0) is 44.1 Å². The average molecular weight is 661 g/mol. The second-order valence-electron chi connectivity index (χ2n) is 11.6. The van der Waals surface area contributed by atoms with Crippen molar-refractivity contribution in [3.63, 3.8) is 0 Å². The molecule has 0 saturated carbocycles. The molecule has 1 aromatic carbocycles. The van der Waals surface area contributed by atoms with E-state index < -0.39 is 18.4 Å². The summed E-state index contributed by atoms with van der Waals surface area (Å²) in [6, 6.07) is 17.9. The Morgan fingerprint density at radius 3 is 1.69 bits per heavy atom. The van der Waals surface area contributed by atoms with Gasteiger partial charge in [0.05, 0.1) is 31.1 Å². The fourth-order valence-corrected chi connectivity index (χ4v) is 5.38. The van der Waals surface area contributed by atoms with E-state index in [1.165, 1.54) is 0 Å². The number of carbonyl (C=O) groups excluding carboxylic acids is 1. The third-order valence-corrected chi connectivity index (χ3v) is 7.55. The summed E-state index contributed by atoms with van der Waals surface area (Å²) in [5.41, 5.74) is 3.91. The minimum absolute atomic E-state index is 0.164. The Kier molecular flexibility index (Phi) is 12.4. The Bertz CT molecular complexity index is 1550. The maximum atomic E-state index is 12.6. The van der Waals surface area contributed by atoms with Gasteiger partial charge in [0.2, 0.25) is 5.78 Å². The highest BCUT2D eigenvalue weighted by atomic mass is 19.4. The monoisotopic (exact) mass is 660 g/mol. The number of rotatable bonds is 19. The number of nitrogens with zero attached hydrogens (tertiary/aromatic N) is 6. The van der Waals surface area contributed by atoms with E-state index in [0.29, 0.717) is 64.5 Å². The summed E-state index contributed by atoms with van der Waals surface area (Å²) in [6.45, 7) is 3.83. The van der Waals surface area contributed by atoms with Crippen LogP contribution in [-0.4, -0.2) is 58.3 Å². The van der Waals surface area contributed by atoms with Crippen LogP contribution in [0.25, 0.3) is 0 Å². The largest absolute Gasteiger partial charge is 0.494 e. The second-order valence-corrected chi connectivity index (χ2v) is 11.6. The zero-order chi connectivity index (χ0) is 33.6. The molecular weight excluding hydrogens is 621 g/mol. The lowest BCUT2D eigenvalue weighted by molar-refractivity contribution is -0.171. The molecule has 5 rings (SSSR count). The number of aromatic amines is 2. The van der Waals surface area contributed by atoms with Crippen molar-refractivity contribution in [1.29, 1.82) is 0 Å². The average Bonchev–Trinajstić information content (AvgIpc) is 3.78. The molecule has 5 aromatic rings. The van der Waals surface area contributed by atoms with Crippen molar-refractivity contribution in [3.05, 3.63) is 126 Å². The summed E-state index contributed by atoms with van der Waals surface area (Å²) in [6.07, 6.45) is 6.48.